The summed E-state index contributed by atoms with van der Waals surface area (Å²) in [6.45, 7) is 14.7. The van der Waals surface area contributed by atoms with Crippen molar-refractivity contribution in [2.75, 3.05) is 9.80 Å². The van der Waals surface area contributed by atoms with Crippen molar-refractivity contribution in [1.82, 2.24) is 0 Å². The zero-order valence-corrected chi connectivity index (χ0v) is 28.3. The second-order valence-corrected chi connectivity index (χ2v) is 12.6. The predicted molar refractivity (Wildman–Crippen MR) is 205 cm³/mol. The van der Waals surface area contributed by atoms with E-state index in [1.165, 1.54) is 50.3 Å². The molecular formula is C45H44N2. The molecule has 4 aromatic rings. The monoisotopic (exact) mass is 612 g/mol. The third-order valence-corrected chi connectivity index (χ3v) is 8.81. The highest BCUT2D eigenvalue weighted by atomic mass is 15.2. The van der Waals surface area contributed by atoms with Gasteiger partial charge in [0.1, 0.15) is 0 Å². The van der Waals surface area contributed by atoms with E-state index in [1.807, 2.05) is 6.92 Å². The third kappa shape index (κ3) is 6.93. The third-order valence-electron chi connectivity index (χ3n) is 8.81. The Bertz CT molecular complexity index is 1910. The van der Waals surface area contributed by atoms with Gasteiger partial charge in [0.15, 0.2) is 0 Å². The fourth-order valence-corrected chi connectivity index (χ4v) is 6.25. The fraction of sp³-hybridized carbons (Fsp3) is 0.156. The number of aryl methyl sites for hydroxylation is 3. The first kappa shape index (κ1) is 31.6. The van der Waals surface area contributed by atoms with Gasteiger partial charge in [-0.05, 0) is 112 Å². The number of anilines is 4. The molecule has 0 saturated heterocycles. The maximum atomic E-state index is 4.13. The quantitative estimate of drug-likeness (QED) is 0.183. The minimum atomic E-state index is 0.818. The molecule has 2 heteroatoms. The summed E-state index contributed by atoms with van der Waals surface area (Å²) in [5.41, 5.74) is 16.8. The van der Waals surface area contributed by atoms with Gasteiger partial charge in [0.25, 0.3) is 0 Å². The Kier molecular flexibility index (Phi) is 9.40. The van der Waals surface area contributed by atoms with Crippen molar-refractivity contribution in [3.8, 4) is 0 Å². The maximum absolute atomic E-state index is 4.13. The van der Waals surface area contributed by atoms with Crippen LogP contribution < -0.4 is 9.80 Å². The molecule has 4 aromatic carbocycles. The molecule has 2 bridgehead atoms. The van der Waals surface area contributed by atoms with Crippen LogP contribution in [0.1, 0.15) is 53.6 Å². The fourth-order valence-electron chi connectivity index (χ4n) is 6.25. The van der Waals surface area contributed by atoms with Crippen LogP contribution in [0.5, 0.6) is 0 Å². The van der Waals surface area contributed by atoms with Gasteiger partial charge in [-0.3, -0.25) is 0 Å². The molecule has 2 aliphatic carbocycles. The average Bonchev–Trinajstić information content (AvgIpc) is 3.07. The molecule has 0 saturated carbocycles. The Balaban J connectivity index is 1.55. The zero-order chi connectivity index (χ0) is 32.9. The minimum absolute atomic E-state index is 0.818. The van der Waals surface area contributed by atoms with Crippen molar-refractivity contribution in [2.24, 2.45) is 0 Å². The molecule has 0 N–H and O–H groups in total. The number of fused-ring (bicyclic) bond motifs is 1. The van der Waals surface area contributed by atoms with Crippen molar-refractivity contribution in [3.05, 3.63) is 190 Å². The molecule has 0 spiro atoms. The van der Waals surface area contributed by atoms with E-state index < -0.39 is 0 Å². The van der Waals surface area contributed by atoms with Gasteiger partial charge in [-0.2, -0.15) is 0 Å². The number of allylic oxidation sites excluding steroid dienone is 9. The summed E-state index contributed by atoms with van der Waals surface area (Å²) >= 11 is 0. The summed E-state index contributed by atoms with van der Waals surface area (Å²) in [7, 11) is 0. The largest absolute Gasteiger partial charge is 0.311 e. The molecule has 0 fully saturated rings. The van der Waals surface area contributed by atoms with Gasteiger partial charge in [0.05, 0.1) is 5.69 Å². The van der Waals surface area contributed by atoms with Crippen LogP contribution in [-0.4, -0.2) is 0 Å². The van der Waals surface area contributed by atoms with E-state index in [0.717, 1.165) is 41.2 Å². The van der Waals surface area contributed by atoms with Gasteiger partial charge in [-0.15, -0.1) is 0 Å². The van der Waals surface area contributed by atoms with Crippen LogP contribution in [0.15, 0.2) is 157 Å². The standard InChI is InChI=1S/C45H44N2/c1-7-38(23-13-32(2)3)46(39-24-14-33(4)15-25-39)44-12-10-8-9-11-42-43-31-37(44)21-20-36(43)22-30-45(42)47(40-26-16-34(5)17-27-40)41-28-18-35(6)19-29-41/h7,9-30H,2,8,31H2,1,3-6H3/b11-9-,12-10?,23-13-,38-7+,44-37?. The van der Waals surface area contributed by atoms with Crippen molar-refractivity contribution in [1.29, 1.82) is 0 Å². The van der Waals surface area contributed by atoms with Gasteiger partial charge in [-0.1, -0.05) is 114 Å². The summed E-state index contributed by atoms with van der Waals surface area (Å²) in [5, 5.41) is 0. The molecular weight excluding hydrogens is 569 g/mol. The first-order valence-corrected chi connectivity index (χ1v) is 16.5. The molecule has 0 amide bonds. The predicted octanol–water partition coefficient (Wildman–Crippen LogP) is 12.4. The Morgan fingerprint density at radius 3 is 1.81 bits per heavy atom. The Hall–Kier alpha value is -5.34. The van der Waals surface area contributed by atoms with Crippen LogP contribution in [0, 0.1) is 20.8 Å². The van der Waals surface area contributed by atoms with Gasteiger partial charge in [0, 0.05) is 40.4 Å². The van der Waals surface area contributed by atoms with Crippen molar-refractivity contribution in [3.63, 3.8) is 0 Å². The molecule has 0 unspecified atom stereocenters. The Labute approximate surface area is 281 Å². The molecule has 2 nitrogen and oxygen atoms in total. The van der Waals surface area contributed by atoms with Crippen molar-refractivity contribution < 1.29 is 0 Å². The van der Waals surface area contributed by atoms with E-state index >= 15 is 0 Å². The minimum Gasteiger partial charge on any atom is -0.311 e. The lowest BCUT2D eigenvalue weighted by molar-refractivity contribution is 1.05. The number of rotatable bonds is 8. The number of hydrogen-bond donors (Lipinski definition) is 0. The zero-order valence-electron chi connectivity index (χ0n) is 28.3. The molecule has 234 valence electrons. The normalized spacial score (nSPS) is 14.8. The molecule has 0 aliphatic heterocycles. The molecule has 0 radical (unpaired) electrons. The van der Waals surface area contributed by atoms with Crippen LogP contribution in [-0.2, 0) is 6.42 Å². The second-order valence-electron chi connectivity index (χ2n) is 12.6. The molecule has 47 heavy (non-hydrogen) atoms. The Morgan fingerprint density at radius 2 is 1.23 bits per heavy atom. The number of benzene rings is 4. The van der Waals surface area contributed by atoms with Crippen LogP contribution >= 0.6 is 0 Å². The molecule has 6 rings (SSSR count). The second kappa shape index (κ2) is 14.0. The first-order valence-electron chi connectivity index (χ1n) is 16.5. The highest BCUT2D eigenvalue weighted by molar-refractivity contribution is 5.86. The summed E-state index contributed by atoms with van der Waals surface area (Å²) in [4.78, 5) is 4.79. The SMILES string of the molecule is C=C(C)/C=C\C(=C/C)N(C1=C2C=Cc3ccc(N(c4ccc(C)cc4)c4ccc(C)cc4)c(c3C2)/C=C\CC=C1)c1ccc(C)cc1. The average molecular weight is 613 g/mol. The summed E-state index contributed by atoms with van der Waals surface area (Å²) in [5.74, 6) is 0. The van der Waals surface area contributed by atoms with Gasteiger partial charge in [0.2, 0.25) is 0 Å². The number of hydrogen-bond acceptors (Lipinski definition) is 2. The molecule has 2 aliphatic rings. The lowest BCUT2D eigenvalue weighted by atomic mass is 9.86. The van der Waals surface area contributed by atoms with Crippen LogP contribution in [0.3, 0.4) is 0 Å². The van der Waals surface area contributed by atoms with Crippen molar-refractivity contribution in [2.45, 2.75) is 47.5 Å². The van der Waals surface area contributed by atoms with E-state index in [0.29, 0.717) is 0 Å². The number of nitrogens with zero attached hydrogens (tertiary/aromatic N) is 2. The maximum Gasteiger partial charge on any atom is 0.0537 e. The van der Waals surface area contributed by atoms with Crippen LogP contribution in [0.2, 0.25) is 0 Å². The Morgan fingerprint density at radius 1 is 0.660 bits per heavy atom. The van der Waals surface area contributed by atoms with E-state index in [1.54, 1.807) is 0 Å². The molecule has 0 heterocycles. The summed E-state index contributed by atoms with van der Waals surface area (Å²) in [6, 6.07) is 31.1. The lowest BCUT2D eigenvalue weighted by Crippen LogP contribution is -2.23. The highest BCUT2D eigenvalue weighted by Gasteiger charge is 2.24. The van der Waals surface area contributed by atoms with Crippen LogP contribution in [0.25, 0.3) is 12.2 Å². The van der Waals surface area contributed by atoms with Gasteiger partial charge >= 0.3 is 0 Å². The topological polar surface area (TPSA) is 6.48 Å². The van der Waals surface area contributed by atoms with Crippen molar-refractivity contribution >= 4 is 34.9 Å². The highest BCUT2D eigenvalue weighted by Crippen LogP contribution is 2.42. The molecule has 0 aromatic heterocycles. The van der Waals surface area contributed by atoms with E-state index in [9.17, 15) is 0 Å². The van der Waals surface area contributed by atoms with Crippen LogP contribution in [0.4, 0.5) is 22.7 Å². The van der Waals surface area contributed by atoms with E-state index in [2.05, 4.69) is 184 Å². The molecule has 0 atom stereocenters. The smallest absolute Gasteiger partial charge is 0.0537 e. The van der Waals surface area contributed by atoms with E-state index in [4.69, 9.17) is 0 Å². The van der Waals surface area contributed by atoms with Gasteiger partial charge < -0.3 is 9.80 Å². The van der Waals surface area contributed by atoms with Gasteiger partial charge in [-0.25, -0.2) is 0 Å². The lowest BCUT2D eigenvalue weighted by Gasteiger charge is -2.32. The summed E-state index contributed by atoms with van der Waals surface area (Å²) < 4.78 is 0. The first-order chi connectivity index (χ1) is 22.8. The summed E-state index contributed by atoms with van der Waals surface area (Å²) in [6.07, 6.45) is 21.9. The van der Waals surface area contributed by atoms with E-state index in [-0.39, 0.29) is 0 Å².